The van der Waals surface area contributed by atoms with Gasteiger partial charge in [0.25, 0.3) is 0 Å². The fourth-order valence-electron chi connectivity index (χ4n) is 1.50. The van der Waals surface area contributed by atoms with Crippen LogP contribution in [0.5, 0.6) is 0 Å². The number of rotatable bonds is 0. The van der Waals surface area contributed by atoms with Crippen LogP contribution >= 0.6 is 0 Å². The Balaban J connectivity index is 2.38. The summed E-state index contributed by atoms with van der Waals surface area (Å²) >= 11 is 0. The van der Waals surface area contributed by atoms with Crippen LogP contribution in [-0.2, 0) is 6.42 Å². The lowest BCUT2D eigenvalue weighted by Gasteiger charge is -2.14. The Bertz CT molecular complexity index is 350. The molecule has 0 unspecified atom stereocenters. The van der Waals surface area contributed by atoms with E-state index in [4.69, 9.17) is 0 Å². The van der Waals surface area contributed by atoms with Crippen molar-refractivity contribution in [2.45, 2.75) is 12.8 Å². The fourth-order valence-corrected chi connectivity index (χ4v) is 1.50. The molecule has 1 aromatic carbocycles. The van der Waals surface area contributed by atoms with E-state index < -0.39 is 0 Å². The molecule has 1 nitrogen and oxygen atoms in total. The summed E-state index contributed by atoms with van der Waals surface area (Å²) < 4.78 is 0. The van der Waals surface area contributed by atoms with Crippen LogP contribution in [0.2, 0.25) is 0 Å². The SMILES string of the molecule is C=C1C/C=C\Cc2ccccc2N1. The van der Waals surface area contributed by atoms with Crippen LogP contribution in [0.4, 0.5) is 5.69 Å². The predicted octanol–water partition coefficient (Wildman–Crippen LogP) is 3.11. The van der Waals surface area contributed by atoms with Gasteiger partial charge in [0, 0.05) is 17.8 Å². The Morgan fingerprint density at radius 2 is 1.85 bits per heavy atom. The summed E-state index contributed by atoms with van der Waals surface area (Å²) in [5.41, 5.74) is 3.58. The number of anilines is 1. The van der Waals surface area contributed by atoms with Crippen LogP contribution in [-0.4, -0.2) is 0 Å². The van der Waals surface area contributed by atoms with Crippen molar-refractivity contribution in [1.29, 1.82) is 0 Å². The molecule has 1 aliphatic heterocycles. The molecule has 2 rings (SSSR count). The second-order valence-electron chi connectivity index (χ2n) is 3.27. The monoisotopic (exact) mass is 171 g/mol. The molecule has 0 fully saturated rings. The summed E-state index contributed by atoms with van der Waals surface area (Å²) in [5.74, 6) is 0. The highest BCUT2D eigenvalue weighted by molar-refractivity contribution is 5.56. The first kappa shape index (κ1) is 8.11. The van der Waals surface area contributed by atoms with E-state index in [-0.39, 0.29) is 0 Å². The van der Waals surface area contributed by atoms with Gasteiger partial charge in [0.15, 0.2) is 0 Å². The molecule has 0 atom stereocenters. The number of nitrogens with one attached hydrogen (secondary N) is 1. The predicted molar refractivity (Wildman–Crippen MR) is 56.7 cm³/mol. The maximum atomic E-state index is 3.95. The first-order chi connectivity index (χ1) is 6.36. The smallest absolute Gasteiger partial charge is 0.0417 e. The van der Waals surface area contributed by atoms with Gasteiger partial charge in [0.1, 0.15) is 0 Å². The van der Waals surface area contributed by atoms with Gasteiger partial charge < -0.3 is 5.32 Å². The van der Waals surface area contributed by atoms with Gasteiger partial charge in [-0.3, -0.25) is 0 Å². The number of fused-ring (bicyclic) bond motifs is 1. The lowest BCUT2D eigenvalue weighted by atomic mass is 10.1. The molecule has 66 valence electrons. The third-order valence-electron chi connectivity index (χ3n) is 2.20. The zero-order chi connectivity index (χ0) is 9.10. The largest absolute Gasteiger partial charge is 0.359 e. The average Bonchev–Trinajstić information content (AvgIpc) is 2.11. The van der Waals surface area contributed by atoms with Crippen LogP contribution in [0.3, 0.4) is 0 Å². The Hall–Kier alpha value is -1.50. The van der Waals surface area contributed by atoms with Crippen molar-refractivity contribution in [3.05, 3.63) is 54.3 Å². The van der Waals surface area contributed by atoms with E-state index in [2.05, 4.69) is 42.2 Å². The van der Waals surface area contributed by atoms with Gasteiger partial charge in [-0.2, -0.15) is 0 Å². The molecular weight excluding hydrogens is 158 g/mol. The number of hydrogen-bond acceptors (Lipinski definition) is 1. The van der Waals surface area contributed by atoms with E-state index in [1.807, 2.05) is 6.07 Å². The molecule has 0 aliphatic carbocycles. The zero-order valence-corrected chi connectivity index (χ0v) is 7.59. The highest BCUT2D eigenvalue weighted by atomic mass is 14.9. The average molecular weight is 171 g/mol. The molecule has 1 heteroatoms. The van der Waals surface area contributed by atoms with Gasteiger partial charge in [-0.1, -0.05) is 36.9 Å². The minimum Gasteiger partial charge on any atom is -0.359 e. The van der Waals surface area contributed by atoms with Gasteiger partial charge in [0.05, 0.1) is 0 Å². The third-order valence-corrected chi connectivity index (χ3v) is 2.20. The molecule has 13 heavy (non-hydrogen) atoms. The zero-order valence-electron chi connectivity index (χ0n) is 7.59. The standard InChI is InChI=1S/C12H13N/c1-10-6-2-3-7-11-8-4-5-9-12(11)13-10/h2-5,8-9,13H,1,6-7H2/b3-2-. The van der Waals surface area contributed by atoms with Gasteiger partial charge in [-0.15, -0.1) is 0 Å². The summed E-state index contributed by atoms with van der Waals surface area (Å²) in [6.45, 7) is 3.95. The fraction of sp³-hybridized carbons (Fsp3) is 0.167. The Morgan fingerprint density at radius 1 is 1.08 bits per heavy atom. The number of para-hydroxylation sites is 1. The highest BCUT2D eigenvalue weighted by Crippen LogP contribution is 2.20. The van der Waals surface area contributed by atoms with E-state index in [1.54, 1.807) is 0 Å². The first-order valence-corrected chi connectivity index (χ1v) is 4.54. The van der Waals surface area contributed by atoms with E-state index in [9.17, 15) is 0 Å². The highest BCUT2D eigenvalue weighted by Gasteiger charge is 2.02. The van der Waals surface area contributed by atoms with Crippen molar-refractivity contribution >= 4 is 5.69 Å². The second kappa shape index (κ2) is 3.48. The maximum Gasteiger partial charge on any atom is 0.0417 e. The molecule has 1 heterocycles. The van der Waals surface area contributed by atoms with Gasteiger partial charge in [-0.25, -0.2) is 0 Å². The quantitative estimate of drug-likeness (QED) is 0.591. The summed E-state index contributed by atoms with van der Waals surface area (Å²) in [6, 6.07) is 8.36. The summed E-state index contributed by atoms with van der Waals surface area (Å²) in [5, 5.41) is 3.32. The van der Waals surface area contributed by atoms with Crippen molar-refractivity contribution in [2.24, 2.45) is 0 Å². The normalized spacial score (nSPS) is 18.0. The van der Waals surface area contributed by atoms with Crippen LogP contribution < -0.4 is 5.32 Å². The van der Waals surface area contributed by atoms with Crippen molar-refractivity contribution < 1.29 is 0 Å². The molecule has 1 N–H and O–H groups in total. The topological polar surface area (TPSA) is 12.0 Å². The van der Waals surface area contributed by atoms with Crippen LogP contribution in [0.15, 0.2) is 48.7 Å². The van der Waals surface area contributed by atoms with Crippen molar-refractivity contribution in [1.82, 2.24) is 0 Å². The lowest BCUT2D eigenvalue weighted by Crippen LogP contribution is -2.02. The van der Waals surface area contributed by atoms with Gasteiger partial charge in [-0.05, 0) is 18.1 Å². The molecular formula is C12H13N. The second-order valence-corrected chi connectivity index (χ2v) is 3.27. The van der Waals surface area contributed by atoms with Crippen molar-refractivity contribution in [3.63, 3.8) is 0 Å². The van der Waals surface area contributed by atoms with Crippen molar-refractivity contribution in [2.75, 3.05) is 5.32 Å². The number of allylic oxidation sites excluding steroid dienone is 2. The van der Waals surface area contributed by atoms with E-state index in [0.717, 1.165) is 18.5 Å². The first-order valence-electron chi connectivity index (χ1n) is 4.54. The maximum absolute atomic E-state index is 3.95. The Morgan fingerprint density at radius 3 is 2.77 bits per heavy atom. The van der Waals surface area contributed by atoms with Crippen LogP contribution in [0.25, 0.3) is 0 Å². The molecule has 0 radical (unpaired) electrons. The van der Waals surface area contributed by atoms with Crippen LogP contribution in [0.1, 0.15) is 12.0 Å². The molecule has 0 bridgehead atoms. The molecule has 1 aromatic rings. The van der Waals surface area contributed by atoms with Gasteiger partial charge >= 0.3 is 0 Å². The van der Waals surface area contributed by atoms with Crippen LogP contribution in [0, 0.1) is 0 Å². The Kier molecular flexibility index (Phi) is 2.17. The molecule has 0 amide bonds. The van der Waals surface area contributed by atoms with E-state index >= 15 is 0 Å². The van der Waals surface area contributed by atoms with Gasteiger partial charge in [0.2, 0.25) is 0 Å². The molecule has 0 spiro atoms. The lowest BCUT2D eigenvalue weighted by molar-refractivity contribution is 1.14. The van der Waals surface area contributed by atoms with Crippen molar-refractivity contribution in [3.8, 4) is 0 Å². The Labute approximate surface area is 78.8 Å². The van der Waals surface area contributed by atoms with E-state index in [0.29, 0.717) is 0 Å². The number of hydrogen-bond donors (Lipinski definition) is 1. The molecule has 0 saturated carbocycles. The minimum atomic E-state index is 0.925. The summed E-state index contributed by atoms with van der Waals surface area (Å²) in [4.78, 5) is 0. The molecule has 0 aromatic heterocycles. The minimum absolute atomic E-state index is 0.925. The summed E-state index contributed by atoms with van der Waals surface area (Å²) in [7, 11) is 0. The van der Waals surface area contributed by atoms with E-state index in [1.165, 1.54) is 11.3 Å². The molecule has 1 aliphatic rings. The summed E-state index contributed by atoms with van der Waals surface area (Å²) in [6.07, 6.45) is 6.29. The number of benzene rings is 1. The molecule has 0 saturated heterocycles. The third kappa shape index (κ3) is 1.81.